The van der Waals surface area contributed by atoms with Crippen molar-refractivity contribution in [2.45, 2.75) is 31.2 Å². The Hall–Kier alpha value is -2.29. The largest absolute Gasteiger partial charge is 0.489 e. The van der Waals surface area contributed by atoms with Crippen LogP contribution in [0.5, 0.6) is 5.75 Å². The van der Waals surface area contributed by atoms with Gasteiger partial charge in [0, 0.05) is 18.9 Å². The van der Waals surface area contributed by atoms with Crippen LogP contribution in [0.15, 0.2) is 48.5 Å². The number of halogens is 4. The first-order valence-corrected chi connectivity index (χ1v) is 8.83. The minimum absolute atomic E-state index is 0. The molecule has 0 unspecified atom stereocenters. The van der Waals surface area contributed by atoms with Crippen LogP contribution in [-0.2, 0) is 22.3 Å². The summed E-state index contributed by atoms with van der Waals surface area (Å²) in [4.78, 5) is 12.4. The number of amides is 1. The van der Waals surface area contributed by atoms with E-state index in [2.05, 4.69) is 5.32 Å². The van der Waals surface area contributed by atoms with E-state index < -0.39 is 17.3 Å². The van der Waals surface area contributed by atoms with Crippen molar-refractivity contribution in [2.24, 2.45) is 5.73 Å². The van der Waals surface area contributed by atoms with Gasteiger partial charge in [-0.1, -0.05) is 12.1 Å². The Bertz CT molecular complexity index is 822. The van der Waals surface area contributed by atoms with Crippen LogP contribution in [0.2, 0.25) is 0 Å². The zero-order chi connectivity index (χ0) is 20.2. The number of hydrogen-bond acceptors (Lipinski definition) is 4. The summed E-state index contributed by atoms with van der Waals surface area (Å²) in [7, 11) is 0. The number of nitrogens with two attached hydrogens (primary N) is 1. The van der Waals surface area contributed by atoms with Crippen molar-refractivity contribution < 1.29 is 27.4 Å². The normalized spacial score (nSPS) is 15.9. The summed E-state index contributed by atoms with van der Waals surface area (Å²) in [6.07, 6.45) is -3.48. The highest BCUT2D eigenvalue weighted by molar-refractivity contribution is 5.98. The Morgan fingerprint density at radius 2 is 1.79 bits per heavy atom. The molecule has 158 valence electrons. The highest BCUT2D eigenvalue weighted by Crippen LogP contribution is 2.30. The maximum atomic E-state index is 12.8. The summed E-state index contributed by atoms with van der Waals surface area (Å²) in [5.41, 5.74) is 5.45. The highest BCUT2D eigenvalue weighted by Gasteiger charge is 2.35. The number of ether oxygens (including phenoxy) is 2. The molecule has 3 rings (SSSR count). The molecule has 0 bridgehead atoms. The number of rotatable bonds is 5. The number of anilines is 1. The molecule has 9 heteroatoms. The van der Waals surface area contributed by atoms with Crippen molar-refractivity contribution in [3.8, 4) is 5.75 Å². The van der Waals surface area contributed by atoms with Gasteiger partial charge in [-0.2, -0.15) is 13.2 Å². The molecule has 0 radical (unpaired) electrons. The number of alkyl halides is 3. The highest BCUT2D eigenvalue weighted by atomic mass is 35.5. The Morgan fingerprint density at radius 3 is 2.41 bits per heavy atom. The molecular weight excluding hydrogens is 409 g/mol. The van der Waals surface area contributed by atoms with Gasteiger partial charge in [0.25, 0.3) is 0 Å². The summed E-state index contributed by atoms with van der Waals surface area (Å²) in [5, 5.41) is 2.78. The van der Waals surface area contributed by atoms with Crippen molar-refractivity contribution in [1.29, 1.82) is 0 Å². The fourth-order valence-electron chi connectivity index (χ4n) is 2.86. The van der Waals surface area contributed by atoms with Gasteiger partial charge in [0.2, 0.25) is 5.91 Å². The molecule has 0 aromatic heterocycles. The summed E-state index contributed by atoms with van der Waals surface area (Å²) >= 11 is 0. The Labute approximate surface area is 172 Å². The molecular formula is C20H22ClF3N2O3. The van der Waals surface area contributed by atoms with Gasteiger partial charge in [0.05, 0.1) is 5.56 Å². The summed E-state index contributed by atoms with van der Waals surface area (Å²) in [6.45, 7) is 0.903. The molecule has 1 aliphatic rings. The monoisotopic (exact) mass is 430 g/mol. The van der Waals surface area contributed by atoms with Gasteiger partial charge in [0.1, 0.15) is 17.9 Å². The van der Waals surface area contributed by atoms with Gasteiger partial charge in [0.15, 0.2) is 0 Å². The quantitative estimate of drug-likeness (QED) is 0.747. The third kappa shape index (κ3) is 6.09. The molecule has 2 aromatic carbocycles. The fourth-order valence-corrected chi connectivity index (χ4v) is 2.86. The standard InChI is InChI=1S/C20H21F3N2O3.ClH/c21-20(22,23)15-3-1-2-14(12-15)13-28-17-6-4-16(5-7-17)25-18(26)19(24)8-10-27-11-9-19;/h1-7,12H,8-11,13,24H2,(H,25,26);1H. The lowest BCUT2D eigenvalue weighted by Gasteiger charge is -2.31. The van der Waals surface area contributed by atoms with Crippen LogP contribution < -0.4 is 15.8 Å². The van der Waals surface area contributed by atoms with Crippen LogP contribution >= 0.6 is 12.4 Å². The second-order valence-corrected chi connectivity index (χ2v) is 6.73. The summed E-state index contributed by atoms with van der Waals surface area (Å²) in [6, 6.07) is 11.6. The van der Waals surface area contributed by atoms with Gasteiger partial charge >= 0.3 is 6.18 Å². The molecule has 0 saturated carbocycles. The Kier molecular flexibility index (Phi) is 7.51. The average Bonchev–Trinajstić information content (AvgIpc) is 2.67. The van der Waals surface area contributed by atoms with Gasteiger partial charge in [-0.25, -0.2) is 0 Å². The molecule has 5 nitrogen and oxygen atoms in total. The number of nitrogens with one attached hydrogen (secondary N) is 1. The molecule has 0 aliphatic carbocycles. The lowest BCUT2D eigenvalue weighted by atomic mass is 9.90. The van der Waals surface area contributed by atoms with Crippen molar-refractivity contribution in [3.05, 3.63) is 59.7 Å². The maximum Gasteiger partial charge on any atom is 0.416 e. The number of hydrogen-bond donors (Lipinski definition) is 2. The van der Waals surface area contributed by atoms with Gasteiger partial charge in [-0.05, 0) is 54.8 Å². The lowest BCUT2D eigenvalue weighted by Crippen LogP contribution is -2.54. The summed E-state index contributed by atoms with van der Waals surface area (Å²) < 4.78 is 49.0. The second-order valence-electron chi connectivity index (χ2n) is 6.73. The van der Waals surface area contributed by atoms with E-state index in [0.717, 1.165) is 12.1 Å². The van der Waals surface area contributed by atoms with Crippen molar-refractivity contribution in [2.75, 3.05) is 18.5 Å². The first-order chi connectivity index (χ1) is 13.3. The molecule has 3 N–H and O–H groups in total. The van der Waals surface area contributed by atoms with Crippen molar-refractivity contribution in [1.82, 2.24) is 0 Å². The van der Waals surface area contributed by atoms with E-state index in [1.165, 1.54) is 6.07 Å². The van der Waals surface area contributed by atoms with E-state index in [4.69, 9.17) is 15.2 Å². The second kappa shape index (κ2) is 9.47. The molecule has 29 heavy (non-hydrogen) atoms. The molecule has 1 amide bonds. The van der Waals surface area contributed by atoms with Crippen molar-refractivity contribution >= 4 is 24.0 Å². The lowest BCUT2D eigenvalue weighted by molar-refractivity contribution is -0.137. The number of carbonyl (C=O) groups is 1. The molecule has 1 aliphatic heterocycles. The molecule has 1 heterocycles. The minimum Gasteiger partial charge on any atom is -0.489 e. The van der Waals surface area contributed by atoms with Gasteiger partial charge in [-0.15, -0.1) is 12.4 Å². The van der Waals surface area contributed by atoms with Crippen molar-refractivity contribution in [3.63, 3.8) is 0 Å². The van der Waals surface area contributed by atoms with E-state index in [1.807, 2.05) is 0 Å². The minimum atomic E-state index is -4.39. The zero-order valence-corrected chi connectivity index (χ0v) is 16.3. The summed E-state index contributed by atoms with van der Waals surface area (Å²) in [5.74, 6) is 0.206. The van der Waals surface area contributed by atoms with E-state index in [-0.39, 0.29) is 24.9 Å². The Balaban J connectivity index is 0.00000300. The van der Waals surface area contributed by atoms with E-state index in [9.17, 15) is 18.0 Å². The number of carbonyl (C=O) groups excluding carboxylic acids is 1. The SMILES string of the molecule is Cl.NC1(C(=O)Nc2ccc(OCc3cccc(C(F)(F)F)c3)cc2)CCOCC1. The first kappa shape index (κ1) is 23.0. The predicted octanol–water partition coefficient (Wildman–Crippen LogP) is 4.15. The number of benzene rings is 2. The molecule has 1 saturated heterocycles. The van der Waals surface area contributed by atoms with Crippen LogP contribution in [0.3, 0.4) is 0 Å². The maximum absolute atomic E-state index is 12.8. The molecule has 1 fully saturated rings. The molecule has 2 aromatic rings. The van der Waals surface area contributed by atoms with Crippen LogP contribution in [0.4, 0.5) is 18.9 Å². The fraction of sp³-hybridized carbons (Fsp3) is 0.350. The van der Waals surface area contributed by atoms with Crippen LogP contribution in [-0.4, -0.2) is 24.7 Å². The zero-order valence-electron chi connectivity index (χ0n) is 15.5. The van der Waals surface area contributed by atoms with E-state index in [1.54, 1.807) is 30.3 Å². The van der Waals surface area contributed by atoms with E-state index in [0.29, 0.717) is 43.1 Å². The Morgan fingerprint density at radius 1 is 1.14 bits per heavy atom. The smallest absolute Gasteiger partial charge is 0.416 e. The van der Waals surface area contributed by atoms with Crippen LogP contribution in [0.25, 0.3) is 0 Å². The van der Waals surface area contributed by atoms with Crippen LogP contribution in [0, 0.1) is 0 Å². The predicted molar refractivity (Wildman–Crippen MR) is 105 cm³/mol. The topological polar surface area (TPSA) is 73.6 Å². The average molecular weight is 431 g/mol. The third-order valence-electron chi connectivity index (χ3n) is 4.61. The van der Waals surface area contributed by atoms with Crippen LogP contribution in [0.1, 0.15) is 24.0 Å². The molecule has 0 atom stereocenters. The first-order valence-electron chi connectivity index (χ1n) is 8.83. The van der Waals surface area contributed by atoms with Gasteiger partial charge < -0.3 is 20.5 Å². The molecule has 0 spiro atoms. The van der Waals surface area contributed by atoms with Gasteiger partial charge in [-0.3, -0.25) is 4.79 Å². The van der Waals surface area contributed by atoms with E-state index >= 15 is 0 Å². The third-order valence-corrected chi connectivity index (χ3v) is 4.61.